The lowest BCUT2D eigenvalue weighted by Gasteiger charge is -2.46. The fraction of sp³-hybridized carbons (Fsp3) is 0.667. The number of rotatable bonds is 4. The molecule has 0 aliphatic carbocycles. The van der Waals surface area contributed by atoms with E-state index >= 15 is 0 Å². The molecule has 1 N–H and O–H groups in total. The van der Waals surface area contributed by atoms with Crippen molar-refractivity contribution in [2.75, 3.05) is 51.8 Å². The lowest BCUT2D eigenvalue weighted by molar-refractivity contribution is -0.125. The van der Waals surface area contributed by atoms with Crippen LogP contribution in [0.3, 0.4) is 0 Å². The third-order valence-electron chi connectivity index (χ3n) is 3.68. The van der Waals surface area contributed by atoms with Gasteiger partial charge in [-0.25, -0.2) is 0 Å². The van der Waals surface area contributed by atoms with Gasteiger partial charge in [-0.3, -0.25) is 9.69 Å². The van der Waals surface area contributed by atoms with Crippen LogP contribution in [0.5, 0.6) is 12.0 Å². The van der Waals surface area contributed by atoms with Crippen molar-refractivity contribution in [3.63, 3.8) is 0 Å². The minimum absolute atomic E-state index is 0.0863. The van der Waals surface area contributed by atoms with E-state index in [9.17, 15) is 4.79 Å². The van der Waals surface area contributed by atoms with Gasteiger partial charge in [0, 0.05) is 32.2 Å². The SMILES string of the molecule is COc1nc(OC)nc(N2CC(N3CCNC(=O)C3)C2)n1. The highest BCUT2D eigenvalue weighted by Gasteiger charge is 2.35. The van der Waals surface area contributed by atoms with Gasteiger partial charge in [0.1, 0.15) is 0 Å². The number of piperazine rings is 1. The highest BCUT2D eigenvalue weighted by atomic mass is 16.5. The van der Waals surface area contributed by atoms with Crippen LogP contribution in [0.2, 0.25) is 0 Å². The van der Waals surface area contributed by atoms with Gasteiger partial charge in [0.2, 0.25) is 11.9 Å². The Kier molecular flexibility index (Phi) is 3.74. The summed E-state index contributed by atoms with van der Waals surface area (Å²) >= 11 is 0. The minimum Gasteiger partial charge on any atom is -0.467 e. The van der Waals surface area contributed by atoms with Crippen LogP contribution < -0.4 is 19.7 Å². The predicted molar refractivity (Wildman–Crippen MR) is 73.5 cm³/mol. The van der Waals surface area contributed by atoms with Crippen molar-refractivity contribution < 1.29 is 14.3 Å². The van der Waals surface area contributed by atoms with Gasteiger partial charge >= 0.3 is 12.0 Å². The number of nitrogens with one attached hydrogen (secondary N) is 1. The highest BCUT2D eigenvalue weighted by molar-refractivity contribution is 5.78. The Morgan fingerprint density at radius 3 is 2.38 bits per heavy atom. The fourth-order valence-corrected chi connectivity index (χ4v) is 2.47. The molecule has 1 aromatic rings. The summed E-state index contributed by atoms with van der Waals surface area (Å²) in [5, 5.41) is 2.83. The predicted octanol–water partition coefficient (Wildman–Crippen LogP) is -1.49. The molecule has 0 atom stereocenters. The van der Waals surface area contributed by atoms with Crippen LogP contribution in [-0.4, -0.2) is 78.7 Å². The average molecular weight is 294 g/mol. The third kappa shape index (κ3) is 2.82. The van der Waals surface area contributed by atoms with Gasteiger partial charge in [0.15, 0.2) is 0 Å². The zero-order valence-electron chi connectivity index (χ0n) is 12.1. The molecule has 2 fully saturated rings. The van der Waals surface area contributed by atoms with E-state index in [2.05, 4.69) is 25.2 Å². The third-order valence-corrected chi connectivity index (χ3v) is 3.68. The van der Waals surface area contributed by atoms with Crippen molar-refractivity contribution in [2.24, 2.45) is 0 Å². The van der Waals surface area contributed by atoms with Gasteiger partial charge in [0.25, 0.3) is 0 Å². The van der Waals surface area contributed by atoms with Crippen molar-refractivity contribution in [1.29, 1.82) is 0 Å². The largest absolute Gasteiger partial charge is 0.467 e. The molecular formula is C12H18N6O3. The molecule has 0 radical (unpaired) electrons. The van der Waals surface area contributed by atoms with Gasteiger partial charge in [-0.15, -0.1) is 4.98 Å². The molecule has 3 heterocycles. The summed E-state index contributed by atoms with van der Waals surface area (Å²) in [7, 11) is 3.01. The molecule has 0 unspecified atom stereocenters. The van der Waals surface area contributed by atoms with Crippen molar-refractivity contribution in [2.45, 2.75) is 6.04 Å². The molecule has 1 amide bonds. The van der Waals surface area contributed by atoms with E-state index in [1.807, 2.05) is 4.90 Å². The summed E-state index contributed by atoms with van der Waals surface area (Å²) < 4.78 is 10.1. The molecule has 9 heteroatoms. The Balaban J connectivity index is 1.64. The topological polar surface area (TPSA) is 92.7 Å². The lowest BCUT2D eigenvalue weighted by Crippen LogP contribution is -2.64. The Labute approximate surface area is 122 Å². The molecule has 2 aliphatic heterocycles. The van der Waals surface area contributed by atoms with Crippen molar-refractivity contribution >= 4 is 11.9 Å². The van der Waals surface area contributed by atoms with Crippen LogP contribution in [0.4, 0.5) is 5.95 Å². The maximum absolute atomic E-state index is 11.4. The molecule has 114 valence electrons. The molecule has 3 rings (SSSR count). The van der Waals surface area contributed by atoms with E-state index in [0.717, 1.165) is 19.6 Å². The first-order chi connectivity index (χ1) is 10.2. The maximum atomic E-state index is 11.4. The summed E-state index contributed by atoms with van der Waals surface area (Å²) in [5.74, 6) is 0.625. The van der Waals surface area contributed by atoms with E-state index in [-0.39, 0.29) is 17.9 Å². The number of carbonyl (C=O) groups is 1. The van der Waals surface area contributed by atoms with Crippen molar-refractivity contribution in [1.82, 2.24) is 25.2 Å². The number of anilines is 1. The van der Waals surface area contributed by atoms with E-state index < -0.39 is 0 Å². The fourth-order valence-electron chi connectivity index (χ4n) is 2.47. The molecule has 9 nitrogen and oxygen atoms in total. The first kappa shape index (κ1) is 13.8. The van der Waals surface area contributed by atoms with Gasteiger partial charge in [-0.2, -0.15) is 9.97 Å². The molecule has 21 heavy (non-hydrogen) atoms. The number of nitrogens with zero attached hydrogens (tertiary/aromatic N) is 5. The summed E-state index contributed by atoms with van der Waals surface area (Å²) in [6.45, 7) is 3.62. The molecule has 2 saturated heterocycles. The smallest absolute Gasteiger partial charge is 0.324 e. The highest BCUT2D eigenvalue weighted by Crippen LogP contribution is 2.23. The quantitative estimate of drug-likeness (QED) is 0.718. The summed E-state index contributed by atoms with van der Waals surface area (Å²) in [6, 6.07) is 0.820. The lowest BCUT2D eigenvalue weighted by atomic mass is 10.1. The standard InChI is InChI=1S/C12H18N6O3/c1-20-11-14-10(15-12(16-11)21-2)18-5-8(6-18)17-4-3-13-9(19)7-17/h8H,3-7H2,1-2H3,(H,13,19). The molecule has 2 aliphatic rings. The molecule has 0 spiro atoms. The van der Waals surface area contributed by atoms with Crippen molar-refractivity contribution in [3.05, 3.63) is 0 Å². The van der Waals surface area contributed by atoms with Crippen LogP contribution in [0.15, 0.2) is 0 Å². The van der Waals surface area contributed by atoms with Crippen LogP contribution in [0.25, 0.3) is 0 Å². The molecule has 1 aromatic heterocycles. The Morgan fingerprint density at radius 2 is 1.81 bits per heavy atom. The normalized spacial score (nSPS) is 19.9. The number of methoxy groups -OCH3 is 2. The summed E-state index contributed by atoms with van der Waals surface area (Å²) in [6.07, 6.45) is 0. The summed E-state index contributed by atoms with van der Waals surface area (Å²) in [4.78, 5) is 28.0. The zero-order chi connectivity index (χ0) is 14.8. The minimum atomic E-state index is 0.0863. The Hall–Kier alpha value is -2.16. The van der Waals surface area contributed by atoms with E-state index in [0.29, 0.717) is 25.1 Å². The Morgan fingerprint density at radius 1 is 1.14 bits per heavy atom. The Bertz CT molecular complexity index is 511. The van der Waals surface area contributed by atoms with Gasteiger partial charge < -0.3 is 19.7 Å². The number of ether oxygens (including phenoxy) is 2. The van der Waals surface area contributed by atoms with Gasteiger partial charge in [0.05, 0.1) is 20.8 Å². The van der Waals surface area contributed by atoms with Gasteiger partial charge in [-0.05, 0) is 0 Å². The summed E-state index contributed by atoms with van der Waals surface area (Å²) in [5.41, 5.74) is 0. The van der Waals surface area contributed by atoms with Crippen LogP contribution in [0, 0.1) is 0 Å². The molecular weight excluding hydrogens is 276 g/mol. The number of carbonyl (C=O) groups excluding carboxylic acids is 1. The molecule has 0 saturated carbocycles. The van der Waals surface area contributed by atoms with E-state index in [1.54, 1.807) is 0 Å². The van der Waals surface area contributed by atoms with Crippen LogP contribution >= 0.6 is 0 Å². The molecule has 0 bridgehead atoms. The van der Waals surface area contributed by atoms with Crippen LogP contribution in [0.1, 0.15) is 0 Å². The molecule has 0 aromatic carbocycles. The first-order valence-corrected chi connectivity index (χ1v) is 6.79. The van der Waals surface area contributed by atoms with Gasteiger partial charge in [-0.1, -0.05) is 0 Å². The second kappa shape index (κ2) is 5.68. The number of hydrogen-bond donors (Lipinski definition) is 1. The maximum Gasteiger partial charge on any atom is 0.324 e. The monoisotopic (exact) mass is 294 g/mol. The zero-order valence-corrected chi connectivity index (χ0v) is 12.1. The average Bonchev–Trinajstić information content (AvgIpc) is 2.45. The second-order valence-electron chi connectivity index (χ2n) is 4.99. The van der Waals surface area contributed by atoms with Crippen molar-refractivity contribution in [3.8, 4) is 12.0 Å². The number of aromatic nitrogens is 3. The van der Waals surface area contributed by atoms with E-state index in [4.69, 9.17) is 9.47 Å². The number of amides is 1. The number of hydrogen-bond acceptors (Lipinski definition) is 8. The first-order valence-electron chi connectivity index (χ1n) is 6.79. The van der Waals surface area contributed by atoms with Crippen LogP contribution in [-0.2, 0) is 4.79 Å². The van der Waals surface area contributed by atoms with E-state index in [1.165, 1.54) is 14.2 Å². The second-order valence-corrected chi connectivity index (χ2v) is 4.99.